The molecular weight excluding hydrogens is 264 g/mol. The highest BCUT2D eigenvalue weighted by molar-refractivity contribution is 5.83. The molecule has 2 atom stereocenters. The van der Waals surface area contributed by atoms with E-state index in [1.807, 2.05) is 12.1 Å². The zero-order chi connectivity index (χ0) is 15.2. The van der Waals surface area contributed by atoms with E-state index in [9.17, 15) is 4.79 Å². The Labute approximate surface area is 125 Å². The smallest absolute Gasteiger partial charge is 0.320 e. The van der Waals surface area contributed by atoms with Crippen molar-refractivity contribution in [2.24, 2.45) is 5.73 Å². The fraction of sp³-hybridized carbons (Fsp3) is 0.353. The molecule has 0 aliphatic heterocycles. The summed E-state index contributed by atoms with van der Waals surface area (Å²) in [7, 11) is 0. The lowest BCUT2D eigenvalue weighted by molar-refractivity contribution is -0.138. The first-order valence-corrected chi connectivity index (χ1v) is 7.28. The number of hydrogen-bond donors (Lipinski definition) is 3. The Kier molecular flexibility index (Phi) is 5.31. The first kappa shape index (κ1) is 15.5. The van der Waals surface area contributed by atoms with Gasteiger partial charge in [-0.3, -0.25) is 4.79 Å². The maximum Gasteiger partial charge on any atom is 0.320 e. The number of benzene rings is 2. The van der Waals surface area contributed by atoms with E-state index in [-0.39, 0.29) is 6.04 Å². The molecule has 0 bridgehead atoms. The van der Waals surface area contributed by atoms with E-state index in [2.05, 4.69) is 42.6 Å². The molecule has 2 aromatic carbocycles. The van der Waals surface area contributed by atoms with Crippen LogP contribution in [0.25, 0.3) is 10.8 Å². The summed E-state index contributed by atoms with van der Waals surface area (Å²) in [6.45, 7) is 2.87. The lowest BCUT2D eigenvalue weighted by atomic mass is 10.0. The van der Waals surface area contributed by atoms with Crippen LogP contribution in [0.4, 0.5) is 0 Å². The molecule has 0 aliphatic carbocycles. The summed E-state index contributed by atoms with van der Waals surface area (Å²) >= 11 is 0. The van der Waals surface area contributed by atoms with Gasteiger partial charge in [0, 0.05) is 6.04 Å². The van der Waals surface area contributed by atoms with Gasteiger partial charge in [-0.25, -0.2) is 0 Å². The van der Waals surface area contributed by atoms with E-state index >= 15 is 0 Å². The van der Waals surface area contributed by atoms with Crippen molar-refractivity contribution >= 4 is 16.7 Å². The van der Waals surface area contributed by atoms with Gasteiger partial charge in [0.25, 0.3) is 0 Å². The van der Waals surface area contributed by atoms with Crippen molar-refractivity contribution < 1.29 is 9.90 Å². The number of carboxylic acids is 1. The maximum absolute atomic E-state index is 10.6. The Hall–Kier alpha value is -1.91. The van der Waals surface area contributed by atoms with Gasteiger partial charge in [0.15, 0.2) is 0 Å². The van der Waals surface area contributed by atoms with Gasteiger partial charge in [-0.05, 0) is 48.7 Å². The van der Waals surface area contributed by atoms with Gasteiger partial charge in [0.05, 0.1) is 0 Å². The van der Waals surface area contributed by atoms with Crippen LogP contribution in [-0.4, -0.2) is 23.7 Å². The van der Waals surface area contributed by atoms with Crippen molar-refractivity contribution in [3.05, 3.63) is 48.0 Å². The standard InChI is InChI=1S/C17H22N2O2/c1-12(19-10-4-7-16(18)17(20)21)14-9-8-13-5-2-3-6-15(13)11-14/h2-3,5-6,8-9,11-12,16,19H,4,7,10,18H2,1H3,(H,20,21). The number of carboxylic acid groups (broad SMARTS) is 1. The Bertz CT molecular complexity index is 613. The Morgan fingerprint density at radius 2 is 1.95 bits per heavy atom. The van der Waals surface area contributed by atoms with Crippen LogP contribution < -0.4 is 11.1 Å². The number of nitrogens with two attached hydrogens (primary N) is 1. The number of rotatable bonds is 7. The number of carbonyl (C=O) groups is 1. The van der Waals surface area contributed by atoms with Crippen LogP contribution in [-0.2, 0) is 4.79 Å². The maximum atomic E-state index is 10.6. The summed E-state index contributed by atoms with van der Waals surface area (Å²) in [5.41, 5.74) is 6.71. The SMILES string of the molecule is CC(NCCCC(N)C(=O)O)c1ccc2ccccc2c1. The third-order valence-corrected chi connectivity index (χ3v) is 3.73. The minimum Gasteiger partial charge on any atom is -0.480 e. The lowest BCUT2D eigenvalue weighted by Gasteiger charge is -2.15. The van der Waals surface area contributed by atoms with Crippen LogP contribution in [0.3, 0.4) is 0 Å². The summed E-state index contributed by atoms with van der Waals surface area (Å²) in [4.78, 5) is 10.6. The van der Waals surface area contributed by atoms with Crippen molar-refractivity contribution in [1.29, 1.82) is 0 Å². The quantitative estimate of drug-likeness (QED) is 0.684. The number of fused-ring (bicyclic) bond motifs is 1. The van der Waals surface area contributed by atoms with Crippen LogP contribution >= 0.6 is 0 Å². The lowest BCUT2D eigenvalue weighted by Crippen LogP contribution is -2.31. The molecule has 0 saturated heterocycles. The molecule has 4 heteroatoms. The van der Waals surface area contributed by atoms with Crippen LogP contribution in [0.1, 0.15) is 31.4 Å². The molecule has 112 valence electrons. The van der Waals surface area contributed by atoms with E-state index in [4.69, 9.17) is 10.8 Å². The fourth-order valence-electron chi connectivity index (χ4n) is 2.36. The second kappa shape index (κ2) is 7.20. The van der Waals surface area contributed by atoms with Gasteiger partial charge < -0.3 is 16.2 Å². The van der Waals surface area contributed by atoms with E-state index < -0.39 is 12.0 Å². The third-order valence-electron chi connectivity index (χ3n) is 3.73. The molecule has 4 N–H and O–H groups in total. The van der Waals surface area contributed by atoms with Gasteiger partial charge in [-0.2, -0.15) is 0 Å². The molecule has 0 aliphatic rings. The predicted molar refractivity (Wildman–Crippen MR) is 85.2 cm³/mol. The number of nitrogens with one attached hydrogen (secondary N) is 1. The monoisotopic (exact) mass is 286 g/mol. The molecule has 0 amide bonds. The number of aliphatic carboxylic acids is 1. The van der Waals surface area contributed by atoms with Crippen LogP contribution in [0.15, 0.2) is 42.5 Å². The highest BCUT2D eigenvalue weighted by Crippen LogP contribution is 2.20. The van der Waals surface area contributed by atoms with E-state index in [1.54, 1.807) is 0 Å². The molecule has 21 heavy (non-hydrogen) atoms. The third kappa shape index (κ3) is 4.28. The zero-order valence-corrected chi connectivity index (χ0v) is 12.3. The first-order valence-electron chi connectivity index (χ1n) is 7.28. The largest absolute Gasteiger partial charge is 0.480 e. The second-order valence-corrected chi connectivity index (χ2v) is 5.37. The molecule has 0 heterocycles. The molecule has 4 nitrogen and oxygen atoms in total. The molecule has 2 rings (SSSR count). The summed E-state index contributed by atoms with van der Waals surface area (Å²) < 4.78 is 0. The average Bonchev–Trinajstić information content (AvgIpc) is 2.50. The molecule has 0 fully saturated rings. The molecule has 0 saturated carbocycles. The van der Waals surface area contributed by atoms with E-state index in [0.29, 0.717) is 6.42 Å². The topological polar surface area (TPSA) is 75.3 Å². The van der Waals surface area contributed by atoms with Gasteiger partial charge in [0.1, 0.15) is 6.04 Å². The van der Waals surface area contributed by atoms with Crippen molar-refractivity contribution in [3.8, 4) is 0 Å². The predicted octanol–water partition coefficient (Wildman–Crippen LogP) is 2.68. The summed E-state index contributed by atoms with van der Waals surface area (Å²) in [5.74, 6) is -0.933. The Balaban J connectivity index is 1.87. The summed E-state index contributed by atoms with van der Waals surface area (Å²) in [6.07, 6.45) is 1.25. The first-order chi connectivity index (χ1) is 10.1. The molecule has 0 aromatic heterocycles. The van der Waals surface area contributed by atoms with Crippen molar-refractivity contribution in [2.45, 2.75) is 31.8 Å². The average molecular weight is 286 g/mol. The minimum absolute atomic E-state index is 0.232. The second-order valence-electron chi connectivity index (χ2n) is 5.37. The summed E-state index contributed by atoms with van der Waals surface area (Å²) in [6, 6.07) is 14.2. The Morgan fingerprint density at radius 3 is 2.67 bits per heavy atom. The Morgan fingerprint density at radius 1 is 1.24 bits per heavy atom. The zero-order valence-electron chi connectivity index (χ0n) is 12.3. The summed E-state index contributed by atoms with van der Waals surface area (Å²) in [5, 5.41) is 14.6. The normalized spacial score (nSPS) is 14.0. The molecule has 0 spiro atoms. The van der Waals surface area contributed by atoms with Crippen LogP contribution in [0.5, 0.6) is 0 Å². The highest BCUT2D eigenvalue weighted by Gasteiger charge is 2.11. The van der Waals surface area contributed by atoms with Crippen LogP contribution in [0, 0.1) is 0 Å². The van der Waals surface area contributed by atoms with Crippen molar-refractivity contribution in [3.63, 3.8) is 0 Å². The molecular formula is C17H22N2O2. The molecule has 0 radical (unpaired) electrons. The van der Waals surface area contributed by atoms with E-state index in [1.165, 1.54) is 16.3 Å². The molecule has 2 aromatic rings. The number of hydrogen-bond acceptors (Lipinski definition) is 3. The van der Waals surface area contributed by atoms with Crippen molar-refractivity contribution in [2.75, 3.05) is 6.54 Å². The molecule has 2 unspecified atom stereocenters. The highest BCUT2D eigenvalue weighted by atomic mass is 16.4. The fourth-order valence-corrected chi connectivity index (χ4v) is 2.36. The van der Waals surface area contributed by atoms with Gasteiger partial charge in [-0.1, -0.05) is 36.4 Å². The van der Waals surface area contributed by atoms with E-state index in [0.717, 1.165) is 13.0 Å². The van der Waals surface area contributed by atoms with Gasteiger partial charge >= 0.3 is 5.97 Å². The van der Waals surface area contributed by atoms with Crippen molar-refractivity contribution in [1.82, 2.24) is 5.32 Å². The van der Waals surface area contributed by atoms with Crippen LogP contribution in [0.2, 0.25) is 0 Å². The minimum atomic E-state index is -0.933. The van der Waals surface area contributed by atoms with Gasteiger partial charge in [0.2, 0.25) is 0 Å². The van der Waals surface area contributed by atoms with Gasteiger partial charge in [-0.15, -0.1) is 0 Å².